The summed E-state index contributed by atoms with van der Waals surface area (Å²) < 4.78 is 0. The molecule has 3 N–H and O–H groups in total. The monoisotopic (exact) mass is 448 g/mol. The van der Waals surface area contributed by atoms with Crippen LogP contribution in [0.25, 0.3) is 33.7 Å². The van der Waals surface area contributed by atoms with E-state index in [-0.39, 0.29) is 6.04 Å². The molecule has 5 heterocycles. The summed E-state index contributed by atoms with van der Waals surface area (Å²) in [4.78, 5) is 14.8. The lowest BCUT2D eigenvalue weighted by molar-refractivity contribution is 0.944. The molecule has 0 saturated carbocycles. The molecule has 2 aliphatic carbocycles. The second-order valence-electron chi connectivity index (χ2n) is 8.49. The average molecular weight is 449 g/mol. The van der Waals surface area contributed by atoms with Crippen LogP contribution in [0.15, 0.2) is 77.9 Å². The Morgan fingerprint density at radius 2 is 2.00 bits per heavy atom. The summed E-state index contributed by atoms with van der Waals surface area (Å²) in [5, 5.41) is 13.3. The van der Waals surface area contributed by atoms with Gasteiger partial charge in [-0.1, -0.05) is 43.4 Å². The van der Waals surface area contributed by atoms with E-state index in [9.17, 15) is 0 Å². The van der Waals surface area contributed by atoms with Crippen LogP contribution >= 0.6 is 11.3 Å². The van der Waals surface area contributed by atoms with Crippen molar-refractivity contribution in [1.29, 1.82) is 0 Å². The van der Waals surface area contributed by atoms with Crippen molar-refractivity contribution in [2.24, 2.45) is 5.92 Å². The largest absolute Gasteiger partial charge is 0.373 e. The minimum Gasteiger partial charge on any atom is -0.373 e. The van der Waals surface area contributed by atoms with Gasteiger partial charge in [-0.25, -0.2) is 9.97 Å². The molecule has 7 rings (SSSR count). The summed E-state index contributed by atoms with van der Waals surface area (Å²) in [5.41, 5.74) is 8.87. The standard InChI is InChI=1S/C26H20N6S/c1-14-5-2-3-6-15(13-14)17-10-11-19-23(27-17)25(32-31-19)26-29-21-16(20-7-4-12-33-20)8-9-18-22(28-18)24(21)30-26/h2-14,22,28H,1H3,(H,29,30)(H,31,32)/t14-,22?/m0/s1. The number of H-pyrrole nitrogens is 2. The van der Waals surface area contributed by atoms with E-state index < -0.39 is 0 Å². The molecule has 1 fully saturated rings. The van der Waals surface area contributed by atoms with Gasteiger partial charge < -0.3 is 10.3 Å². The molecular formula is C26H20N6S. The van der Waals surface area contributed by atoms with Gasteiger partial charge in [0.25, 0.3) is 0 Å². The van der Waals surface area contributed by atoms with E-state index in [0.29, 0.717) is 5.92 Å². The SMILES string of the molecule is C[C@H]1C=CC=CC(c2ccc3[nH]nc(-c4nc5c([nH]4)C4NC4=CC=C5c4cccs4)c3n2)=C1. The molecule has 6 nitrogen and oxygen atoms in total. The highest BCUT2D eigenvalue weighted by atomic mass is 32.1. The van der Waals surface area contributed by atoms with Crippen LogP contribution < -0.4 is 5.32 Å². The maximum atomic E-state index is 5.04. The Hall–Kier alpha value is -3.97. The maximum Gasteiger partial charge on any atom is 0.161 e. The Labute approximate surface area is 194 Å². The molecule has 0 bridgehead atoms. The zero-order valence-corrected chi connectivity index (χ0v) is 18.6. The van der Waals surface area contributed by atoms with Gasteiger partial charge in [-0.15, -0.1) is 11.3 Å². The van der Waals surface area contributed by atoms with Crippen LogP contribution in [0.3, 0.4) is 0 Å². The number of rotatable bonds is 3. The van der Waals surface area contributed by atoms with E-state index in [1.54, 1.807) is 11.3 Å². The minimum atomic E-state index is 0.180. The highest BCUT2D eigenvalue weighted by Gasteiger charge is 2.37. The number of pyridine rings is 1. The van der Waals surface area contributed by atoms with E-state index in [4.69, 9.17) is 9.97 Å². The van der Waals surface area contributed by atoms with Gasteiger partial charge in [-0.3, -0.25) is 5.10 Å². The molecule has 0 radical (unpaired) electrons. The number of nitrogens with zero attached hydrogens (tertiary/aromatic N) is 3. The first kappa shape index (κ1) is 18.6. The Morgan fingerprint density at radius 3 is 2.91 bits per heavy atom. The number of aromatic amines is 2. The molecule has 160 valence electrons. The van der Waals surface area contributed by atoms with Gasteiger partial charge in [-0.2, -0.15) is 5.10 Å². The van der Waals surface area contributed by atoms with Crippen LogP contribution in [0.1, 0.15) is 34.9 Å². The highest BCUT2D eigenvalue weighted by molar-refractivity contribution is 7.11. The van der Waals surface area contributed by atoms with Crippen LogP contribution in [0, 0.1) is 5.92 Å². The first-order chi connectivity index (χ1) is 16.2. The molecule has 4 aromatic heterocycles. The summed E-state index contributed by atoms with van der Waals surface area (Å²) in [6.45, 7) is 2.18. The first-order valence-electron chi connectivity index (χ1n) is 11.0. The van der Waals surface area contributed by atoms with Crippen molar-refractivity contribution in [2.75, 3.05) is 0 Å². The Morgan fingerprint density at radius 1 is 1.03 bits per heavy atom. The minimum absolute atomic E-state index is 0.180. The second kappa shape index (κ2) is 7.02. The van der Waals surface area contributed by atoms with Crippen LogP contribution in [-0.4, -0.2) is 25.1 Å². The number of hydrogen-bond donors (Lipinski definition) is 3. The van der Waals surface area contributed by atoms with E-state index in [1.807, 2.05) is 12.1 Å². The van der Waals surface area contributed by atoms with E-state index in [1.165, 1.54) is 10.6 Å². The number of aromatic nitrogens is 5. The molecule has 7 heteroatoms. The van der Waals surface area contributed by atoms with Crippen LogP contribution in [-0.2, 0) is 0 Å². The van der Waals surface area contributed by atoms with Gasteiger partial charge in [0.15, 0.2) is 11.5 Å². The normalized spacial score (nSPS) is 20.8. The average Bonchev–Trinajstić information content (AvgIpc) is 3.12. The summed E-state index contributed by atoms with van der Waals surface area (Å²) in [5.74, 6) is 1.08. The third kappa shape index (κ3) is 3.04. The molecule has 0 aromatic carbocycles. The predicted molar refractivity (Wildman–Crippen MR) is 132 cm³/mol. The van der Waals surface area contributed by atoms with E-state index in [0.717, 1.165) is 50.8 Å². The lowest BCUT2D eigenvalue weighted by Gasteiger charge is -2.04. The van der Waals surface area contributed by atoms with Gasteiger partial charge in [0.2, 0.25) is 0 Å². The van der Waals surface area contributed by atoms with Crippen LogP contribution in [0.4, 0.5) is 0 Å². The molecule has 1 aliphatic heterocycles. The zero-order chi connectivity index (χ0) is 21.9. The summed E-state index contributed by atoms with van der Waals surface area (Å²) in [7, 11) is 0. The summed E-state index contributed by atoms with van der Waals surface area (Å²) >= 11 is 1.72. The molecule has 0 spiro atoms. The lowest BCUT2D eigenvalue weighted by Crippen LogP contribution is -1.93. The van der Waals surface area contributed by atoms with Gasteiger partial charge in [0.05, 0.1) is 22.6 Å². The van der Waals surface area contributed by atoms with Crippen molar-refractivity contribution in [2.45, 2.75) is 13.0 Å². The molecule has 2 atom stereocenters. The van der Waals surface area contributed by atoms with E-state index >= 15 is 0 Å². The fourth-order valence-electron chi connectivity index (χ4n) is 4.48. The van der Waals surface area contributed by atoms with Gasteiger partial charge in [-0.05, 0) is 47.2 Å². The van der Waals surface area contributed by atoms with Crippen molar-refractivity contribution in [3.8, 4) is 11.5 Å². The topological polar surface area (TPSA) is 92.2 Å². The van der Waals surface area contributed by atoms with Crippen LogP contribution in [0.2, 0.25) is 0 Å². The number of allylic oxidation sites excluding steroid dienone is 8. The van der Waals surface area contributed by atoms with Crippen molar-refractivity contribution < 1.29 is 0 Å². The Kier molecular flexibility index (Phi) is 3.95. The molecule has 1 unspecified atom stereocenters. The molecule has 33 heavy (non-hydrogen) atoms. The third-order valence-electron chi connectivity index (χ3n) is 6.20. The number of thiophene rings is 1. The number of hydrogen-bond acceptors (Lipinski definition) is 5. The smallest absolute Gasteiger partial charge is 0.161 e. The van der Waals surface area contributed by atoms with Gasteiger partial charge in [0.1, 0.15) is 11.6 Å². The molecule has 3 aliphatic rings. The quantitative estimate of drug-likeness (QED) is 0.359. The molecule has 4 aromatic rings. The fourth-order valence-corrected chi connectivity index (χ4v) is 5.23. The van der Waals surface area contributed by atoms with Gasteiger partial charge >= 0.3 is 0 Å². The highest BCUT2D eigenvalue weighted by Crippen LogP contribution is 2.43. The lowest BCUT2D eigenvalue weighted by atomic mass is 10.1. The van der Waals surface area contributed by atoms with Crippen molar-refractivity contribution in [3.05, 3.63) is 99.8 Å². The van der Waals surface area contributed by atoms with Crippen LogP contribution in [0.5, 0.6) is 0 Å². The van der Waals surface area contributed by atoms with Crippen molar-refractivity contribution >= 4 is 33.5 Å². The summed E-state index contributed by atoms with van der Waals surface area (Å²) in [6, 6.07) is 8.47. The molecule has 1 saturated heterocycles. The summed E-state index contributed by atoms with van der Waals surface area (Å²) in [6.07, 6.45) is 15.0. The van der Waals surface area contributed by atoms with Crippen molar-refractivity contribution in [1.82, 2.24) is 30.5 Å². The fraction of sp³-hybridized carbons (Fsp3) is 0.115. The van der Waals surface area contributed by atoms with Gasteiger partial charge in [0, 0.05) is 16.1 Å². The third-order valence-corrected chi connectivity index (χ3v) is 7.11. The maximum absolute atomic E-state index is 5.04. The Balaban J connectivity index is 1.35. The van der Waals surface area contributed by atoms with E-state index in [2.05, 4.69) is 87.5 Å². The van der Waals surface area contributed by atoms with Crippen molar-refractivity contribution in [3.63, 3.8) is 0 Å². The number of imidazole rings is 1. The number of fused-ring (bicyclic) bond motifs is 4. The first-order valence-corrected chi connectivity index (χ1v) is 11.9. The molecular weight excluding hydrogens is 428 g/mol. The Bertz CT molecular complexity index is 1560. The zero-order valence-electron chi connectivity index (χ0n) is 17.8. The second-order valence-corrected chi connectivity index (χ2v) is 9.44. The predicted octanol–water partition coefficient (Wildman–Crippen LogP) is 5.53. The molecule has 0 amide bonds. The number of nitrogens with one attached hydrogen (secondary N) is 3.